The lowest BCUT2D eigenvalue weighted by Gasteiger charge is -2.08. The molecule has 2 heterocycles. The summed E-state index contributed by atoms with van der Waals surface area (Å²) in [5.41, 5.74) is 3.79. The van der Waals surface area contributed by atoms with Crippen molar-refractivity contribution in [2.24, 2.45) is 0 Å². The normalized spacial score (nSPS) is 10.6. The predicted octanol–water partition coefficient (Wildman–Crippen LogP) is 4.26. The van der Waals surface area contributed by atoms with Crippen LogP contribution in [-0.2, 0) is 13.1 Å². The van der Waals surface area contributed by atoms with Gasteiger partial charge in [0.2, 0.25) is 0 Å². The molecular formula is C19H18BrN3O. The molecule has 1 amide bonds. The topological polar surface area (TPSA) is 46.9 Å². The standard InChI is InChI=1S/C19H18BrN3O/c1-2-23-13-16(14-7-9-21-10-8-14)11-18(23)19(24)22-12-15-5-3-4-6-17(15)20/h3-11,13H,2,12H2,1H3,(H,22,24). The molecule has 1 aromatic carbocycles. The average molecular weight is 384 g/mol. The molecule has 5 heteroatoms. The Morgan fingerprint density at radius 1 is 1.17 bits per heavy atom. The molecule has 0 saturated heterocycles. The van der Waals surface area contributed by atoms with Crippen LogP contribution in [0.5, 0.6) is 0 Å². The van der Waals surface area contributed by atoms with Crippen LogP contribution < -0.4 is 5.32 Å². The molecule has 0 radical (unpaired) electrons. The highest BCUT2D eigenvalue weighted by Gasteiger charge is 2.14. The van der Waals surface area contributed by atoms with E-state index in [1.807, 2.05) is 60.2 Å². The monoisotopic (exact) mass is 383 g/mol. The Labute approximate surface area is 149 Å². The van der Waals surface area contributed by atoms with Crippen LogP contribution in [0.25, 0.3) is 11.1 Å². The van der Waals surface area contributed by atoms with E-state index in [9.17, 15) is 4.79 Å². The number of nitrogens with one attached hydrogen (secondary N) is 1. The van der Waals surface area contributed by atoms with E-state index in [0.29, 0.717) is 12.2 Å². The number of hydrogen-bond donors (Lipinski definition) is 1. The Kier molecular flexibility index (Phi) is 5.11. The third-order valence-corrected chi connectivity index (χ3v) is 4.65. The van der Waals surface area contributed by atoms with Crippen LogP contribution in [0.15, 0.2) is 65.5 Å². The summed E-state index contributed by atoms with van der Waals surface area (Å²) in [6.45, 7) is 3.25. The van der Waals surface area contributed by atoms with E-state index >= 15 is 0 Å². The number of hydrogen-bond acceptors (Lipinski definition) is 2. The van der Waals surface area contributed by atoms with E-state index in [-0.39, 0.29) is 5.91 Å². The third kappa shape index (κ3) is 3.57. The number of benzene rings is 1. The van der Waals surface area contributed by atoms with Crippen molar-refractivity contribution in [3.05, 3.63) is 76.8 Å². The minimum absolute atomic E-state index is 0.0760. The van der Waals surface area contributed by atoms with Gasteiger partial charge in [-0.25, -0.2) is 0 Å². The fraction of sp³-hybridized carbons (Fsp3) is 0.158. The highest BCUT2D eigenvalue weighted by atomic mass is 79.9. The summed E-state index contributed by atoms with van der Waals surface area (Å²) in [5, 5.41) is 2.99. The van der Waals surface area contributed by atoms with E-state index in [2.05, 4.69) is 26.2 Å². The SMILES string of the molecule is CCn1cc(-c2ccncc2)cc1C(=O)NCc1ccccc1Br. The lowest BCUT2D eigenvalue weighted by Crippen LogP contribution is -2.25. The quantitative estimate of drug-likeness (QED) is 0.715. The fourth-order valence-electron chi connectivity index (χ4n) is 2.57. The lowest BCUT2D eigenvalue weighted by molar-refractivity contribution is 0.0941. The Balaban J connectivity index is 1.79. The van der Waals surface area contributed by atoms with Crippen molar-refractivity contribution < 1.29 is 4.79 Å². The molecule has 0 saturated carbocycles. The Morgan fingerprint density at radius 3 is 2.62 bits per heavy atom. The number of carbonyl (C=O) groups is 1. The second kappa shape index (κ2) is 7.45. The van der Waals surface area contributed by atoms with E-state index in [1.165, 1.54) is 0 Å². The van der Waals surface area contributed by atoms with Crippen molar-refractivity contribution >= 4 is 21.8 Å². The largest absolute Gasteiger partial charge is 0.347 e. The predicted molar refractivity (Wildman–Crippen MR) is 98.6 cm³/mol. The lowest BCUT2D eigenvalue weighted by atomic mass is 10.1. The van der Waals surface area contributed by atoms with Crippen LogP contribution in [-0.4, -0.2) is 15.5 Å². The van der Waals surface area contributed by atoms with Crippen molar-refractivity contribution in [3.8, 4) is 11.1 Å². The summed E-state index contributed by atoms with van der Waals surface area (Å²) in [6, 6.07) is 13.7. The van der Waals surface area contributed by atoms with Gasteiger partial charge in [0.15, 0.2) is 0 Å². The maximum absolute atomic E-state index is 12.6. The van der Waals surface area contributed by atoms with Crippen LogP contribution in [0.4, 0.5) is 0 Å². The summed E-state index contributed by atoms with van der Waals surface area (Å²) in [5.74, 6) is -0.0760. The molecule has 1 N–H and O–H groups in total. The van der Waals surface area contributed by atoms with Gasteiger partial charge in [0.1, 0.15) is 5.69 Å². The summed E-state index contributed by atoms with van der Waals surface area (Å²) in [4.78, 5) is 16.6. The van der Waals surface area contributed by atoms with Gasteiger partial charge < -0.3 is 9.88 Å². The minimum Gasteiger partial charge on any atom is -0.347 e. The Morgan fingerprint density at radius 2 is 1.92 bits per heavy atom. The first kappa shape index (κ1) is 16.5. The van der Waals surface area contributed by atoms with E-state index in [4.69, 9.17) is 0 Å². The molecule has 0 aliphatic rings. The van der Waals surface area contributed by atoms with Gasteiger partial charge in [0.05, 0.1) is 0 Å². The Bertz CT molecular complexity index is 843. The van der Waals surface area contributed by atoms with Gasteiger partial charge in [-0.2, -0.15) is 0 Å². The molecule has 122 valence electrons. The highest BCUT2D eigenvalue weighted by molar-refractivity contribution is 9.10. The molecule has 0 aliphatic heterocycles. The second-order valence-electron chi connectivity index (χ2n) is 5.41. The number of nitrogens with zero attached hydrogens (tertiary/aromatic N) is 2. The van der Waals surface area contributed by atoms with E-state index in [0.717, 1.165) is 27.7 Å². The molecule has 0 spiro atoms. The fourth-order valence-corrected chi connectivity index (χ4v) is 3.00. The van der Waals surface area contributed by atoms with Gasteiger partial charge in [-0.15, -0.1) is 0 Å². The van der Waals surface area contributed by atoms with Crippen molar-refractivity contribution in [3.63, 3.8) is 0 Å². The van der Waals surface area contributed by atoms with Crippen molar-refractivity contribution in [1.29, 1.82) is 0 Å². The molecule has 0 unspecified atom stereocenters. The number of pyridine rings is 1. The van der Waals surface area contributed by atoms with Crippen LogP contribution in [0, 0.1) is 0 Å². The highest BCUT2D eigenvalue weighted by Crippen LogP contribution is 2.22. The number of amides is 1. The molecule has 0 atom stereocenters. The smallest absolute Gasteiger partial charge is 0.268 e. The average Bonchev–Trinajstić information content (AvgIpc) is 3.06. The molecule has 2 aromatic heterocycles. The van der Waals surface area contributed by atoms with Crippen molar-refractivity contribution in [1.82, 2.24) is 14.9 Å². The van der Waals surface area contributed by atoms with E-state index < -0.39 is 0 Å². The minimum atomic E-state index is -0.0760. The second-order valence-corrected chi connectivity index (χ2v) is 6.26. The molecule has 3 rings (SSSR count). The van der Waals surface area contributed by atoms with Crippen molar-refractivity contribution in [2.75, 3.05) is 0 Å². The Hall–Kier alpha value is -2.40. The molecule has 0 aliphatic carbocycles. The third-order valence-electron chi connectivity index (χ3n) is 3.88. The summed E-state index contributed by atoms with van der Waals surface area (Å²) >= 11 is 3.50. The van der Waals surface area contributed by atoms with Gasteiger partial charge in [-0.05, 0) is 42.3 Å². The zero-order valence-electron chi connectivity index (χ0n) is 13.4. The summed E-state index contributed by atoms with van der Waals surface area (Å²) in [7, 11) is 0. The maximum Gasteiger partial charge on any atom is 0.268 e. The van der Waals surface area contributed by atoms with Gasteiger partial charge in [0.25, 0.3) is 5.91 Å². The summed E-state index contributed by atoms with van der Waals surface area (Å²) in [6.07, 6.45) is 5.51. The van der Waals surface area contributed by atoms with Gasteiger partial charge in [-0.1, -0.05) is 34.1 Å². The summed E-state index contributed by atoms with van der Waals surface area (Å²) < 4.78 is 2.96. The number of halogens is 1. The van der Waals surface area contributed by atoms with Crippen LogP contribution in [0.3, 0.4) is 0 Å². The molecule has 3 aromatic rings. The number of rotatable bonds is 5. The zero-order valence-corrected chi connectivity index (χ0v) is 15.0. The molecule has 0 fully saturated rings. The first-order valence-corrected chi connectivity index (χ1v) is 8.60. The van der Waals surface area contributed by atoms with Crippen LogP contribution in [0.2, 0.25) is 0 Å². The molecule has 4 nitrogen and oxygen atoms in total. The van der Waals surface area contributed by atoms with Crippen molar-refractivity contribution in [2.45, 2.75) is 20.0 Å². The number of aromatic nitrogens is 2. The molecule has 24 heavy (non-hydrogen) atoms. The van der Waals surface area contributed by atoms with Gasteiger partial charge >= 0.3 is 0 Å². The molecular weight excluding hydrogens is 366 g/mol. The zero-order chi connectivity index (χ0) is 16.9. The number of carbonyl (C=O) groups excluding carboxylic acids is 1. The van der Waals surface area contributed by atoms with Gasteiger partial charge in [0, 0.05) is 41.7 Å². The van der Waals surface area contributed by atoms with Crippen LogP contribution >= 0.6 is 15.9 Å². The maximum atomic E-state index is 12.6. The van der Waals surface area contributed by atoms with Gasteiger partial charge in [-0.3, -0.25) is 9.78 Å². The molecule has 0 bridgehead atoms. The first-order valence-electron chi connectivity index (χ1n) is 7.81. The van der Waals surface area contributed by atoms with E-state index in [1.54, 1.807) is 12.4 Å². The first-order chi connectivity index (χ1) is 11.7. The number of aryl methyl sites for hydroxylation is 1. The van der Waals surface area contributed by atoms with Crippen LogP contribution in [0.1, 0.15) is 23.0 Å².